The van der Waals surface area contributed by atoms with E-state index in [0.29, 0.717) is 61.9 Å². The van der Waals surface area contributed by atoms with Crippen LogP contribution in [-0.2, 0) is 18.4 Å². The Morgan fingerprint density at radius 3 is 2.55 bits per heavy atom. The molecule has 0 heterocycles. The zero-order valence-corrected chi connectivity index (χ0v) is 19.4. The molecule has 0 radical (unpaired) electrons. The molecule has 0 spiro atoms. The highest BCUT2D eigenvalue weighted by Gasteiger charge is 2.66. The van der Waals surface area contributed by atoms with Gasteiger partial charge in [0.1, 0.15) is 0 Å². The second kappa shape index (κ2) is 8.44. The second-order valence-electron chi connectivity index (χ2n) is 9.84. The number of hydrogen-bond acceptors (Lipinski definition) is 4. The molecule has 0 amide bonds. The van der Waals surface area contributed by atoms with Crippen LogP contribution in [0.2, 0.25) is 12.6 Å². The van der Waals surface area contributed by atoms with Crippen LogP contribution in [0.1, 0.15) is 40.0 Å². The summed E-state index contributed by atoms with van der Waals surface area (Å²) in [4.78, 5) is 12.1. The summed E-state index contributed by atoms with van der Waals surface area (Å²) in [5.41, 5.74) is 1.56. The van der Waals surface area contributed by atoms with Crippen LogP contribution in [0.25, 0.3) is 0 Å². The van der Waals surface area contributed by atoms with Gasteiger partial charge in [-0.25, -0.2) is 0 Å². The zero-order valence-electron chi connectivity index (χ0n) is 18.4. The van der Waals surface area contributed by atoms with Gasteiger partial charge in [0.15, 0.2) is 0 Å². The molecule has 8 unspecified atom stereocenters. The highest BCUT2D eigenvalue weighted by atomic mass is 28.4. The molecule has 4 aliphatic carbocycles. The predicted octanol–water partition coefficient (Wildman–Crippen LogP) is 4.33. The molecule has 1 N–H and O–H groups in total. The molecule has 5 nitrogen and oxygen atoms in total. The molecule has 4 bridgehead atoms. The van der Waals surface area contributed by atoms with E-state index in [9.17, 15) is 9.90 Å². The van der Waals surface area contributed by atoms with Gasteiger partial charge in [-0.05, 0) is 94.1 Å². The van der Waals surface area contributed by atoms with E-state index >= 15 is 0 Å². The third-order valence-corrected chi connectivity index (χ3v) is 11.5. The van der Waals surface area contributed by atoms with Crippen molar-refractivity contribution in [2.75, 3.05) is 26.4 Å². The van der Waals surface area contributed by atoms with E-state index in [-0.39, 0.29) is 11.8 Å². The van der Waals surface area contributed by atoms with Crippen molar-refractivity contribution in [3.05, 3.63) is 11.6 Å². The van der Waals surface area contributed by atoms with Gasteiger partial charge in [-0.2, -0.15) is 0 Å². The van der Waals surface area contributed by atoms with Crippen LogP contribution >= 0.6 is 0 Å². The van der Waals surface area contributed by atoms with Crippen molar-refractivity contribution < 1.29 is 23.5 Å². The van der Waals surface area contributed by atoms with Gasteiger partial charge in [0.25, 0.3) is 0 Å². The topological polar surface area (TPSA) is 65.0 Å². The molecule has 4 aliphatic rings. The lowest BCUT2D eigenvalue weighted by Gasteiger charge is -2.41. The molecule has 0 aromatic carbocycles. The summed E-state index contributed by atoms with van der Waals surface area (Å²) >= 11 is 0. The first kappa shape index (κ1) is 21.5. The number of carboxylic acid groups (broad SMARTS) is 1. The summed E-state index contributed by atoms with van der Waals surface area (Å²) in [6.45, 7) is 11.1. The second-order valence-corrected chi connectivity index (χ2v) is 13.2. The molecule has 164 valence electrons. The summed E-state index contributed by atoms with van der Waals surface area (Å²) in [7, 11) is -2.09. The zero-order chi connectivity index (χ0) is 20.8. The maximum atomic E-state index is 12.1. The maximum Gasteiger partial charge on any atom is 0.334 e. The quantitative estimate of drug-likeness (QED) is 0.232. The molecule has 6 heteroatoms. The van der Waals surface area contributed by atoms with Crippen LogP contribution in [0, 0.1) is 47.3 Å². The molecule has 0 aromatic heterocycles. The van der Waals surface area contributed by atoms with E-state index in [4.69, 9.17) is 13.6 Å². The van der Waals surface area contributed by atoms with Gasteiger partial charge in [-0.1, -0.05) is 11.6 Å². The average Bonchev–Trinajstić information content (AvgIpc) is 3.38. The number of fused-ring (bicyclic) bond motifs is 9. The number of allylic oxidation sites excluding steroid dienone is 2. The summed E-state index contributed by atoms with van der Waals surface area (Å²) in [6.07, 6.45) is 5.74. The van der Waals surface area contributed by atoms with Gasteiger partial charge in [0.2, 0.25) is 0 Å². The third-order valence-electron chi connectivity index (χ3n) is 8.41. The van der Waals surface area contributed by atoms with Crippen LogP contribution in [0.15, 0.2) is 11.6 Å². The van der Waals surface area contributed by atoms with Gasteiger partial charge >= 0.3 is 14.5 Å². The Balaban J connectivity index is 1.32. The van der Waals surface area contributed by atoms with E-state index in [0.717, 1.165) is 18.9 Å². The molecule has 3 saturated carbocycles. The Morgan fingerprint density at radius 2 is 1.90 bits per heavy atom. The summed E-state index contributed by atoms with van der Waals surface area (Å²) < 4.78 is 17.9. The lowest BCUT2D eigenvalue weighted by atomic mass is 9.64. The number of carbonyl (C=O) groups is 1. The average molecular weight is 423 g/mol. The lowest BCUT2D eigenvalue weighted by molar-refractivity contribution is -0.149. The maximum absolute atomic E-state index is 12.1. The van der Waals surface area contributed by atoms with Gasteiger partial charge in [0, 0.05) is 19.8 Å². The molecule has 0 aromatic rings. The van der Waals surface area contributed by atoms with E-state index in [2.05, 4.69) is 19.5 Å². The van der Waals surface area contributed by atoms with Crippen molar-refractivity contribution in [3.8, 4) is 0 Å². The number of carboxylic acids is 1. The van der Waals surface area contributed by atoms with Crippen molar-refractivity contribution in [3.63, 3.8) is 0 Å². The van der Waals surface area contributed by atoms with Crippen LogP contribution in [0.3, 0.4) is 0 Å². The van der Waals surface area contributed by atoms with Crippen LogP contribution < -0.4 is 0 Å². The molecular formula is C23H38O5Si. The first-order chi connectivity index (χ1) is 13.9. The first-order valence-corrected chi connectivity index (χ1v) is 14.2. The van der Waals surface area contributed by atoms with E-state index in [1.165, 1.54) is 6.42 Å². The summed E-state index contributed by atoms with van der Waals surface area (Å²) in [5, 5.41) is 9.98. The largest absolute Gasteiger partial charge is 0.481 e. The molecule has 29 heavy (non-hydrogen) atoms. The smallest absolute Gasteiger partial charge is 0.334 e. The van der Waals surface area contributed by atoms with Crippen LogP contribution in [-0.4, -0.2) is 46.1 Å². The standard InChI is InChI=1S/C23H38O5Si/c1-5-27-29(4,28-6-2)9-7-8-26-13-19-17-12-18(22(19)23(24)25)20-15-10-14(3)16(11-15)21(17)20/h10,15-22H,5-9,11-13H2,1-4H3,(H,24,25). The minimum Gasteiger partial charge on any atom is -0.481 e. The van der Waals surface area contributed by atoms with Gasteiger partial charge in [-0.15, -0.1) is 0 Å². The molecule has 0 saturated heterocycles. The minimum atomic E-state index is -2.09. The number of ether oxygens (including phenoxy) is 1. The highest BCUT2D eigenvalue weighted by molar-refractivity contribution is 6.66. The predicted molar refractivity (Wildman–Crippen MR) is 114 cm³/mol. The van der Waals surface area contributed by atoms with Gasteiger partial charge in [0.05, 0.1) is 12.5 Å². The molecular weight excluding hydrogens is 384 g/mol. The first-order valence-electron chi connectivity index (χ1n) is 11.7. The SMILES string of the molecule is CCO[Si](C)(CCCOCC1C2CC(C1C(=O)O)C1C3C=C(C)C(C3)C21)OCC. The monoisotopic (exact) mass is 422 g/mol. The van der Waals surface area contributed by atoms with Gasteiger partial charge in [-0.3, -0.25) is 4.79 Å². The van der Waals surface area contributed by atoms with Crippen molar-refractivity contribution in [2.45, 2.75) is 52.6 Å². The van der Waals surface area contributed by atoms with Crippen molar-refractivity contribution >= 4 is 14.5 Å². The number of rotatable bonds is 11. The minimum absolute atomic E-state index is 0.188. The molecule has 4 rings (SSSR count). The van der Waals surface area contributed by atoms with Crippen molar-refractivity contribution in [1.29, 1.82) is 0 Å². The highest BCUT2D eigenvalue weighted by Crippen LogP contribution is 2.69. The Bertz CT molecular complexity index is 643. The molecule has 0 aliphatic heterocycles. The van der Waals surface area contributed by atoms with Crippen molar-refractivity contribution in [2.24, 2.45) is 47.3 Å². The Labute approximate surface area is 176 Å². The normalized spacial score (nSPS) is 39.8. The Kier molecular flexibility index (Phi) is 6.27. The van der Waals surface area contributed by atoms with Gasteiger partial charge < -0.3 is 18.7 Å². The molecule has 8 atom stereocenters. The van der Waals surface area contributed by atoms with Crippen LogP contribution in [0.5, 0.6) is 0 Å². The molecule has 3 fully saturated rings. The summed E-state index contributed by atoms with van der Waals surface area (Å²) in [6, 6.07) is 0.923. The van der Waals surface area contributed by atoms with E-state index in [1.54, 1.807) is 5.57 Å². The third kappa shape index (κ3) is 3.75. The van der Waals surface area contributed by atoms with E-state index in [1.807, 2.05) is 13.8 Å². The Hall–Kier alpha value is -0.693. The lowest BCUT2D eigenvalue weighted by Crippen LogP contribution is -2.42. The van der Waals surface area contributed by atoms with Crippen LogP contribution in [0.4, 0.5) is 0 Å². The number of aliphatic carboxylic acids is 1. The van der Waals surface area contributed by atoms with Crippen molar-refractivity contribution in [1.82, 2.24) is 0 Å². The number of hydrogen-bond donors (Lipinski definition) is 1. The fourth-order valence-corrected chi connectivity index (χ4v) is 10.0. The fourth-order valence-electron chi connectivity index (χ4n) is 7.64. The van der Waals surface area contributed by atoms with E-state index < -0.39 is 14.5 Å². The summed E-state index contributed by atoms with van der Waals surface area (Å²) in [5.74, 6) is 2.97. The fraction of sp³-hybridized carbons (Fsp3) is 0.870. The Morgan fingerprint density at radius 1 is 1.17 bits per heavy atom.